The molecule has 0 fully saturated rings. The molecule has 0 N–H and O–H groups in total. The van der Waals surface area contributed by atoms with Gasteiger partial charge in [0.2, 0.25) is 0 Å². The van der Waals surface area contributed by atoms with Gasteiger partial charge >= 0.3 is 0 Å². The van der Waals surface area contributed by atoms with Crippen molar-refractivity contribution in [3.8, 4) is 22.3 Å². The molecule has 0 aliphatic heterocycles. The standard InChI is InChI=1S/C62H50N2/c1-41-13-27-53(28-14-41)63(54-29-15-42(2)16-30-54)61-57-35-25-52(50-24-22-46-10-6-8-12-48(46)38-50)40-60(57)62(64(55-31-17-43(3)18-32-55)56-33-19-44(4)20-34-56)58-36-26-51(39-59(58)61)49-23-21-45-9-5-7-11-47(45)37-49/h5-33,35-40,56H,34H2,1-4H3. The van der Waals surface area contributed by atoms with E-state index in [9.17, 15) is 0 Å². The minimum absolute atomic E-state index is 0.0958. The molecular formula is C62H50N2. The summed E-state index contributed by atoms with van der Waals surface area (Å²) in [5.41, 5.74) is 15.6. The average molecular weight is 823 g/mol. The molecule has 0 amide bonds. The Labute approximate surface area is 376 Å². The van der Waals surface area contributed by atoms with Crippen molar-refractivity contribution in [2.75, 3.05) is 9.80 Å². The van der Waals surface area contributed by atoms with E-state index in [4.69, 9.17) is 0 Å². The predicted molar refractivity (Wildman–Crippen MR) is 276 cm³/mol. The minimum atomic E-state index is 0.0958. The van der Waals surface area contributed by atoms with E-state index in [0.29, 0.717) is 0 Å². The zero-order valence-electron chi connectivity index (χ0n) is 36.9. The molecule has 0 heterocycles. The van der Waals surface area contributed by atoms with Crippen LogP contribution in [0, 0.1) is 20.8 Å². The summed E-state index contributed by atoms with van der Waals surface area (Å²) in [6.07, 6.45) is 7.99. The van der Waals surface area contributed by atoms with Crippen molar-refractivity contribution in [1.82, 2.24) is 0 Å². The average Bonchev–Trinajstić information content (AvgIpc) is 3.33. The Morgan fingerprint density at radius 1 is 0.375 bits per heavy atom. The molecule has 0 saturated heterocycles. The number of anilines is 5. The van der Waals surface area contributed by atoms with Gasteiger partial charge in [0.05, 0.1) is 17.4 Å². The van der Waals surface area contributed by atoms with E-state index in [-0.39, 0.29) is 6.04 Å². The maximum absolute atomic E-state index is 2.62. The molecule has 10 aromatic carbocycles. The van der Waals surface area contributed by atoms with E-state index >= 15 is 0 Å². The fourth-order valence-corrected chi connectivity index (χ4v) is 9.68. The van der Waals surface area contributed by atoms with Crippen LogP contribution in [0.5, 0.6) is 0 Å². The molecule has 1 aliphatic carbocycles. The summed E-state index contributed by atoms with van der Waals surface area (Å²) in [5.74, 6) is 0. The third-order valence-electron chi connectivity index (χ3n) is 13.2. The first-order chi connectivity index (χ1) is 31.3. The number of benzene rings is 10. The van der Waals surface area contributed by atoms with Crippen LogP contribution in [0.25, 0.3) is 65.3 Å². The predicted octanol–water partition coefficient (Wildman–Crippen LogP) is 17.4. The van der Waals surface area contributed by atoms with Gasteiger partial charge in [0.15, 0.2) is 0 Å². The third kappa shape index (κ3) is 7.21. The lowest BCUT2D eigenvalue weighted by molar-refractivity contribution is 0.783. The van der Waals surface area contributed by atoms with Crippen molar-refractivity contribution in [2.24, 2.45) is 0 Å². The van der Waals surface area contributed by atoms with Crippen molar-refractivity contribution >= 4 is 71.5 Å². The maximum Gasteiger partial charge on any atom is 0.0620 e. The molecule has 0 aromatic heterocycles. The molecule has 11 rings (SSSR count). The molecule has 308 valence electrons. The summed E-state index contributed by atoms with van der Waals surface area (Å²) < 4.78 is 0. The lowest BCUT2D eigenvalue weighted by atomic mass is 9.89. The van der Waals surface area contributed by atoms with Crippen LogP contribution in [-0.4, -0.2) is 6.04 Å². The fraction of sp³-hybridized carbons (Fsp3) is 0.0968. The number of fused-ring (bicyclic) bond motifs is 4. The van der Waals surface area contributed by atoms with Crippen molar-refractivity contribution in [1.29, 1.82) is 0 Å². The van der Waals surface area contributed by atoms with Gasteiger partial charge < -0.3 is 9.80 Å². The van der Waals surface area contributed by atoms with Crippen molar-refractivity contribution in [3.05, 3.63) is 235 Å². The normalized spacial score (nSPS) is 13.8. The maximum atomic E-state index is 2.62. The molecule has 0 spiro atoms. The van der Waals surface area contributed by atoms with Crippen LogP contribution in [0.4, 0.5) is 28.4 Å². The first-order valence-corrected chi connectivity index (χ1v) is 22.5. The van der Waals surface area contributed by atoms with E-state index in [1.165, 1.54) is 99.0 Å². The molecule has 2 heteroatoms. The lowest BCUT2D eigenvalue weighted by Gasteiger charge is -2.37. The zero-order chi connectivity index (χ0) is 43.3. The van der Waals surface area contributed by atoms with Gasteiger partial charge in [-0.1, -0.05) is 174 Å². The molecule has 10 aromatic rings. The summed E-state index contributed by atoms with van der Waals surface area (Å²) in [5, 5.41) is 9.74. The first kappa shape index (κ1) is 39.2. The Kier molecular flexibility index (Phi) is 9.93. The van der Waals surface area contributed by atoms with Gasteiger partial charge in [-0.15, -0.1) is 0 Å². The summed E-state index contributed by atoms with van der Waals surface area (Å²) in [6, 6.07) is 72.7. The first-order valence-electron chi connectivity index (χ1n) is 22.5. The summed E-state index contributed by atoms with van der Waals surface area (Å²) in [4.78, 5) is 5.12. The summed E-state index contributed by atoms with van der Waals surface area (Å²) in [6.45, 7) is 8.71. The van der Waals surface area contributed by atoms with Gasteiger partial charge in [-0.3, -0.25) is 0 Å². The summed E-state index contributed by atoms with van der Waals surface area (Å²) in [7, 11) is 0. The SMILES string of the molecule is CC1=CCC(N(c2ccc(C)cc2)c2c3ccc(-c4ccc5ccccc5c4)cc3c(N(c3ccc(C)cc3)c3ccc(C)cc3)c3ccc(-c4ccc5ccccc5c4)cc23)C=C1. The highest BCUT2D eigenvalue weighted by Gasteiger charge is 2.29. The molecule has 1 unspecified atom stereocenters. The smallest absolute Gasteiger partial charge is 0.0620 e. The highest BCUT2D eigenvalue weighted by atomic mass is 15.2. The van der Waals surface area contributed by atoms with Crippen molar-refractivity contribution in [3.63, 3.8) is 0 Å². The van der Waals surface area contributed by atoms with Crippen LogP contribution in [-0.2, 0) is 0 Å². The molecule has 0 saturated carbocycles. The number of hydrogen-bond acceptors (Lipinski definition) is 2. The Hall–Kier alpha value is -7.68. The van der Waals surface area contributed by atoms with Crippen LogP contribution in [0.15, 0.2) is 218 Å². The van der Waals surface area contributed by atoms with Gasteiger partial charge in [-0.2, -0.15) is 0 Å². The van der Waals surface area contributed by atoms with Gasteiger partial charge in [-0.25, -0.2) is 0 Å². The molecule has 1 aliphatic rings. The Balaban J connectivity index is 1.29. The number of aryl methyl sites for hydroxylation is 3. The van der Waals surface area contributed by atoms with Gasteiger partial charge in [-0.05, 0) is 139 Å². The fourth-order valence-electron chi connectivity index (χ4n) is 9.68. The second-order valence-corrected chi connectivity index (χ2v) is 17.7. The number of nitrogens with zero attached hydrogens (tertiary/aromatic N) is 2. The molecule has 64 heavy (non-hydrogen) atoms. The van der Waals surface area contributed by atoms with E-state index in [1.54, 1.807) is 0 Å². The van der Waals surface area contributed by atoms with Crippen LogP contribution < -0.4 is 9.80 Å². The number of hydrogen-bond donors (Lipinski definition) is 0. The second kappa shape index (κ2) is 16.2. The Morgan fingerprint density at radius 2 is 0.797 bits per heavy atom. The van der Waals surface area contributed by atoms with Gasteiger partial charge in [0, 0.05) is 38.6 Å². The zero-order valence-corrected chi connectivity index (χ0v) is 36.9. The third-order valence-corrected chi connectivity index (χ3v) is 13.2. The topological polar surface area (TPSA) is 6.48 Å². The molecule has 1 atom stereocenters. The largest absolute Gasteiger partial charge is 0.333 e. The summed E-state index contributed by atoms with van der Waals surface area (Å²) >= 11 is 0. The van der Waals surface area contributed by atoms with E-state index in [2.05, 4.69) is 250 Å². The molecule has 0 radical (unpaired) electrons. The quantitative estimate of drug-likeness (QED) is 0.111. The molecule has 2 nitrogen and oxygen atoms in total. The highest BCUT2D eigenvalue weighted by molar-refractivity contribution is 6.24. The Morgan fingerprint density at radius 3 is 1.28 bits per heavy atom. The number of allylic oxidation sites excluding steroid dienone is 2. The molecular weight excluding hydrogens is 773 g/mol. The lowest BCUT2D eigenvalue weighted by Crippen LogP contribution is -2.30. The van der Waals surface area contributed by atoms with E-state index < -0.39 is 0 Å². The van der Waals surface area contributed by atoms with Crippen molar-refractivity contribution in [2.45, 2.75) is 40.2 Å². The van der Waals surface area contributed by atoms with Crippen LogP contribution >= 0.6 is 0 Å². The molecule has 0 bridgehead atoms. The Bertz CT molecular complexity index is 3400. The van der Waals surface area contributed by atoms with E-state index in [0.717, 1.165) is 23.5 Å². The van der Waals surface area contributed by atoms with Crippen LogP contribution in [0.3, 0.4) is 0 Å². The minimum Gasteiger partial charge on any atom is -0.333 e. The van der Waals surface area contributed by atoms with E-state index in [1.807, 2.05) is 0 Å². The van der Waals surface area contributed by atoms with Crippen LogP contribution in [0.2, 0.25) is 0 Å². The van der Waals surface area contributed by atoms with Gasteiger partial charge in [0.25, 0.3) is 0 Å². The second-order valence-electron chi connectivity index (χ2n) is 17.7. The highest BCUT2D eigenvalue weighted by Crippen LogP contribution is 2.52. The number of rotatable bonds is 8. The van der Waals surface area contributed by atoms with Crippen LogP contribution in [0.1, 0.15) is 30.0 Å². The van der Waals surface area contributed by atoms with Gasteiger partial charge in [0.1, 0.15) is 0 Å². The van der Waals surface area contributed by atoms with Crippen molar-refractivity contribution < 1.29 is 0 Å². The monoisotopic (exact) mass is 822 g/mol.